The first kappa shape index (κ1) is 14.4. The number of hydrazone groups is 1. The number of pyridine rings is 1. The van der Waals surface area contributed by atoms with Gasteiger partial charge in [0.15, 0.2) is 0 Å². The predicted octanol–water partition coefficient (Wildman–Crippen LogP) is 2.79. The van der Waals surface area contributed by atoms with E-state index in [0.717, 1.165) is 17.7 Å². The van der Waals surface area contributed by atoms with Crippen LogP contribution in [0.4, 0.5) is 4.39 Å². The third kappa shape index (κ3) is 3.36. The summed E-state index contributed by atoms with van der Waals surface area (Å²) in [5, 5.41) is 6.00. The number of carbonyl (C=O) groups is 1. The van der Waals surface area contributed by atoms with Gasteiger partial charge in [0.1, 0.15) is 5.82 Å². The Kier molecular flexibility index (Phi) is 4.23. The summed E-state index contributed by atoms with van der Waals surface area (Å²) >= 11 is 0. The van der Waals surface area contributed by atoms with E-state index in [4.69, 9.17) is 0 Å². The Balaban J connectivity index is 1.90. The predicted molar refractivity (Wildman–Crippen MR) is 81.8 cm³/mol. The summed E-state index contributed by atoms with van der Waals surface area (Å²) in [6, 6.07) is 11.9. The summed E-state index contributed by atoms with van der Waals surface area (Å²) in [6.07, 6.45) is 3.56. The van der Waals surface area contributed by atoms with Gasteiger partial charge in [-0.2, -0.15) is 5.10 Å². The second-order valence-electron chi connectivity index (χ2n) is 5.19. The monoisotopic (exact) mass is 297 g/mol. The molecule has 0 aliphatic carbocycles. The van der Waals surface area contributed by atoms with E-state index in [-0.39, 0.29) is 11.7 Å². The number of aromatic nitrogens is 1. The molecule has 1 aromatic heterocycles. The molecule has 1 aliphatic rings. The lowest BCUT2D eigenvalue weighted by Gasteiger charge is -2.13. The van der Waals surface area contributed by atoms with Gasteiger partial charge in [0.25, 0.3) is 0 Å². The number of amides is 1. The van der Waals surface area contributed by atoms with Gasteiger partial charge in [-0.25, -0.2) is 9.40 Å². The molecule has 2 aromatic rings. The molecule has 1 aromatic carbocycles. The van der Waals surface area contributed by atoms with Crippen LogP contribution < -0.4 is 0 Å². The lowest BCUT2D eigenvalue weighted by molar-refractivity contribution is -0.127. The molecule has 1 fully saturated rings. The zero-order valence-corrected chi connectivity index (χ0v) is 12.1. The van der Waals surface area contributed by atoms with E-state index in [0.29, 0.717) is 25.1 Å². The van der Waals surface area contributed by atoms with Gasteiger partial charge in [-0.15, -0.1) is 0 Å². The Bertz CT molecular complexity index is 683. The fraction of sp³-hybridized carbons (Fsp3) is 0.235. The minimum atomic E-state index is -0.269. The van der Waals surface area contributed by atoms with Crippen LogP contribution >= 0.6 is 0 Å². The van der Waals surface area contributed by atoms with Crippen LogP contribution in [0.2, 0.25) is 0 Å². The van der Waals surface area contributed by atoms with E-state index in [1.54, 1.807) is 18.3 Å². The summed E-state index contributed by atoms with van der Waals surface area (Å²) in [5.74, 6) is -0.234. The lowest BCUT2D eigenvalue weighted by atomic mass is 10.1. The highest BCUT2D eigenvalue weighted by Gasteiger charge is 2.21. The van der Waals surface area contributed by atoms with Gasteiger partial charge in [0.05, 0.1) is 11.4 Å². The Morgan fingerprint density at radius 2 is 2.05 bits per heavy atom. The number of hydrogen-bond acceptors (Lipinski definition) is 3. The highest BCUT2D eigenvalue weighted by molar-refractivity contribution is 6.00. The van der Waals surface area contributed by atoms with Gasteiger partial charge < -0.3 is 0 Å². The van der Waals surface area contributed by atoms with Crippen molar-refractivity contribution in [3.8, 4) is 0 Å². The fourth-order valence-electron chi connectivity index (χ4n) is 2.39. The summed E-state index contributed by atoms with van der Waals surface area (Å²) in [5.41, 5.74) is 2.37. The maximum Gasteiger partial charge on any atom is 0.242 e. The molecule has 4 nitrogen and oxygen atoms in total. The molecular weight excluding hydrogens is 281 g/mol. The van der Waals surface area contributed by atoms with Gasteiger partial charge in [0, 0.05) is 25.6 Å². The molecular formula is C17H16FN3O. The molecule has 0 N–H and O–H groups in total. The largest absolute Gasteiger partial charge is 0.273 e. The highest BCUT2D eigenvalue weighted by atomic mass is 19.1. The van der Waals surface area contributed by atoms with E-state index >= 15 is 0 Å². The molecule has 1 amide bonds. The average molecular weight is 297 g/mol. The zero-order valence-electron chi connectivity index (χ0n) is 12.1. The summed E-state index contributed by atoms with van der Waals surface area (Å²) in [6.45, 7) is 0.637. The van der Waals surface area contributed by atoms with E-state index in [2.05, 4.69) is 10.1 Å². The van der Waals surface area contributed by atoms with E-state index in [1.807, 2.05) is 18.2 Å². The molecule has 0 radical (unpaired) electrons. The van der Waals surface area contributed by atoms with Crippen molar-refractivity contribution in [3.05, 3.63) is 65.7 Å². The molecule has 1 aliphatic heterocycles. The lowest BCUT2D eigenvalue weighted by Crippen LogP contribution is -2.22. The fourth-order valence-corrected chi connectivity index (χ4v) is 2.39. The molecule has 2 heterocycles. The van der Waals surface area contributed by atoms with E-state index in [9.17, 15) is 9.18 Å². The smallest absolute Gasteiger partial charge is 0.242 e. The number of rotatable bonds is 4. The minimum absolute atomic E-state index is 0.0348. The van der Waals surface area contributed by atoms with E-state index < -0.39 is 0 Å². The van der Waals surface area contributed by atoms with E-state index in [1.165, 1.54) is 17.1 Å². The molecule has 0 unspecified atom stereocenters. The molecule has 22 heavy (non-hydrogen) atoms. The van der Waals surface area contributed by atoms with Crippen LogP contribution in [0.15, 0.2) is 53.8 Å². The standard InChI is InChI=1S/C17H16FN3O/c18-14-8-6-13(7-9-14)12-16(15-4-1-2-10-19-15)20-21-11-3-5-17(21)22/h1-2,4,6-10H,3,5,11-12H2/b20-16-. The number of nitrogens with zero attached hydrogens (tertiary/aromatic N) is 3. The van der Waals surface area contributed by atoms with Crippen molar-refractivity contribution in [3.63, 3.8) is 0 Å². The second kappa shape index (κ2) is 6.47. The van der Waals surface area contributed by atoms with Crippen LogP contribution in [0.25, 0.3) is 0 Å². The molecule has 0 bridgehead atoms. The normalized spacial score (nSPS) is 15.4. The summed E-state index contributed by atoms with van der Waals surface area (Å²) < 4.78 is 13.0. The molecule has 0 spiro atoms. The topological polar surface area (TPSA) is 45.6 Å². The Morgan fingerprint density at radius 1 is 1.23 bits per heavy atom. The maximum absolute atomic E-state index is 13.0. The second-order valence-corrected chi connectivity index (χ2v) is 5.19. The quantitative estimate of drug-likeness (QED) is 0.815. The Hall–Kier alpha value is -2.56. The van der Waals surface area contributed by atoms with Gasteiger partial charge >= 0.3 is 0 Å². The first-order valence-corrected chi connectivity index (χ1v) is 7.26. The van der Waals surface area contributed by atoms with Crippen LogP contribution in [0.1, 0.15) is 24.1 Å². The van der Waals surface area contributed by atoms with Gasteiger partial charge in [-0.05, 0) is 36.2 Å². The van der Waals surface area contributed by atoms with Crippen molar-refractivity contribution < 1.29 is 9.18 Å². The molecule has 0 saturated carbocycles. The molecule has 5 heteroatoms. The van der Waals surface area contributed by atoms with Crippen molar-refractivity contribution in [1.82, 2.24) is 9.99 Å². The third-order valence-electron chi connectivity index (χ3n) is 3.54. The molecule has 112 valence electrons. The van der Waals surface area contributed by atoms with Gasteiger partial charge in [0.2, 0.25) is 5.91 Å². The SMILES string of the molecule is O=C1CCCN1/N=C(/Cc1ccc(F)cc1)c1ccccn1. The van der Waals surface area contributed by atoms with Gasteiger partial charge in [-0.3, -0.25) is 9.78 Å². The summed E-state index contributed by atoms with van der Waals surface area (Å²) in [4.78, 5) is 16.1. The van der Waals surface area contributed by atoms with Crippen LogP contribution in [0.3, 0.4) is 0 Å². The number of benzene rings is 1. The third-order valence-corrected chi connectivity index (χ3v) is 3.54. The first-order chi connectivity index (χ1) is 10.7. The van der Waals surface area contributed by atoms with Crippen molar-refractivity contribution in [1.29, 1.82) is 0 Å². The number of carbonyl (C=O) groups excluding carboxylic acids is 1. The average Bonchev–Trinajstić information content (AvgIpc) is 2.95. The zero-order chi connectivity index (χ0) is 15.4. The Morgan fingerprint density at radius 3 is 2.68 bits per heavy atom. The van der Waals surface area contributed by atoms with Crippen molar-refractivity contribution in [2.45, 2.75) is 19.3 Å². The van der Waals surface area contributed by atoms with Crippen molar-refractivity contribution in [2.24, 2.45) is 5.10 Å². The van der Waals surface area contributed by atoms with Gasteiger partial charge in [-0.1, -0.05) is 18.2 Å². The van der Waals surface area contributed by atoms with Crippen molar-refractivity contribution in [2.75, 3.05) is 6.54 Å². The summed E-state index contributed by atoms with van der Waals surface area (Å²) in [7, 11) is 0. The maximum atomic E-state index is 13.0. The van der Waals surface area contributed by atoms with Crippen LogP contribution in [-0.4, -0.2) is 28.2 Å². The van der Waals surface area contributed by atoms with Crippen molar-refractivity contribution >= 4 is 11.6 Å². The highest BCUT2D eigenvalue weighted by Crippen LogP contribution is 2.14. The Labute approximate surface area is 128 Å². The minimum Gasteiger partial charge on any atom is -0.273 e. The van der Waals surface area contributed by atoms with Crippen LogP contribution in [0.5, 0.6) is 0 Å². The first-order valence-electron chi connectivity index (χ1n) is 7.26. The number of hydrogen-bond donors (Lipinski definition) is 0. The van der Waals surface area contributed by atoms with Crippen LogP contribution in [0, 0.1) is 5.82 Å². The molecule has 0 atom stereocenters. The van der Waals surface area contributed by atoms with Crippen LogP contribution in [-0.2, 0) is 11.2 Å². The number of halogens is 1. The molecule has 3 rings (SSSR count). The molecule has 1 saturated heterocycles.